The van der Waals surface area contributed by atoms with E-state index in [2.05, 4.69) is 11.4 Å². The van der Waals surface area contributed by atoms with E-state index in [0.29, 0.717) is 11.3 Å². The van der Waals surface area contributed by atoms with Gasteiger partial charge in [0.1, 0.15) is 6.07 Å². The zero-order chi connectivity index (χ0) is 13.7. The molecular weight excluding hydrogens is 224 g/mol. The minimum atomic E-state index is -0.0447. The van der Waals surface area contributed by atoms with Crippen molar-refractivity contribution in [2.45, 2.75) is 27.7 Å². The van der Waals surface area contributed by atoms with Gasteiger partial charge in [0, 0.05) is 5.92 Å². The van der Waals surface area contributed by atoms with Gasteiger partial charge in [0.05, 0.1) is 11.3 Å². The monoisotopic (exact) mass is 244 g/mol. The van der Waals surface area contributed by atoms with E-state index in [4.69, 9.17) is 5.26 Å². The van der Waals surface area contributed by atoms with Gasteiger partial charge in [0.2, 0.25) is 5.91 Å². The summed E-state index contributed by atoms with van der Waals surface area (Å²) < 4.78 is 0. The smallest absolute Gasteiger partial charge is 0.228 e. The van der Waals surface area contributed by atoms with Gasteiger partial charge in [0.25, 0.3) is 0 Å². The molecule has 0 saturated heterocycles. The van der Waals surface area contributed by atoms with Crippen molar-refractivity contribution in [3.63, 3.8) is 0 Å². The van der Waals surface area contributed by atoms with Crippen LogP contribution in [0.5, 0.6) is 0 Å². The van der Waals surface area contributed by atoms with Crippen LogP contribution in [0.4, 0.5) is 5.69 Å². The lowest BCUT2D eigenvalue weighted by molar-refractivity contribution is -0.122. The number of rotatable bonds is 4. The molecule has 3 nitrogen and oxygen atoms in total. The predicted octanol–water partition coefficient (Wildman–Crippen LogP) is 3.42. The maximum absolute atomic E-state index is 12.2. The molecule has 18 heavy (non-hydrogen) atoms. The summed E-state index contributed by atoms with van der Waals surface area (Å²) in [7, 11) is 0. The Hall–Kier alpha value is -1.82. The van der Waals surface area contributed by atoms with E-state index in [9.17, 15) is 4.79 Å². The predicted molar refractivity (Wildman–Crippen MR) is 73.0 cm³/mol. The molecule has 3 heteroatoms. The van der Waals surface area contributed by atoms with E-state index >= 15 is 0 Å². The molecule has 1 amide bonds. The average molecular weight is 244 g/mol. The Labute approximate surface area is 109 Å². The maximum Gasteiger partial charge on any atom is 0.228 e. The summed E-state index contributed by atoms with van der Waals surface area (Å²) in [5.74, 6) is 0.498. The summed E-state index contributed by atoms with van der Waals surface area (Å²) in [4.78, 5) is 12.2. The summed E-state index contributed by atoms with van der Waals surface area (Å²) in [5.41, 5.74) is 1.09. The first-order valence-corrected chi connectivity index (χ1v) is 6.27. The van der Waals surface area contributed by atoms with Crippen molar-refractivity contribution in [2.75, 3.05) is 5.32 Å². The first-order chi connectivity index (χ1) is 8.47. The van der Waals surface area contributed by atoms with Gasteiger partial charge in [-0.1, -0.05) is 39.8 Å². The van der Waals surface area contributed by atoms with Crippen molar-refractivity contribution in [1.29, 1.82) is 5.26 Å². The molecule has 0 unspecified atom stereocenters. The van der Waals surface area contributed by atoms with E-state index in [0.717, 1.165) is 0 Å². The number of para-hydroxylation sites is 1. The summed E-state index contributed by atoms with van der Waals surface area (Å²) in [6.07, 6.45) is 0. The molecule has 0 spiro atoms. The zero-order valence-electron chi connectivity index (χ0n) is 11.4. The Morgan fingerprint density at radius 3 is 2.22 bits per heavy atom. The molecule has 1 N–H and O–H groups in total. The van der Waals surface area contributed by atoms with Crippen molar-refractivity contribution < 1.29 is 4.79 Å². The number of carbonyl (C=O) groups excluding carboxylic acids is 1. The van der Waals surface area contributed by atoms with Crippen LogP contribution in [0.3, 0.4) is 0 Å². The van der Waals surface area contributed by atoms with Gasteiger partial charge >= 0.3 is 0 Å². The topological polar surface area (TPSA) is 52.9 Å². The second kappa shape index (κ2) is 6.20. The summed E-state index contributed by atoms with van der Waals surface area (Å²) in [6, 6.07) is 9.15. The van der Waals surface area contributed by atoms with E-state index in [1.165, 1.54) is 0 Å². The van der Waals surface area contributed by atoms with Crippen LogP contribution in [-0.2, 0) is 4.79 Å². The van der Waals surface area contributed by atoms with Crippen LogP contribution in [0.1, 0.15) is 33.3 Å². The fourth-order valence-corrected chi connectivity index (χ4v) is 2.28. The van der Waals surface area contributed by atoms with Crippen LogP contribution >= 0.6 is 0 Å². The van der Waals surface area contributed by atoms with Crippen LogP contribution < -0.4 is 5.32 Å². The fourth-order valence-electron chi connectivity index (χ4n) is 2.28. The number of nitrogens with one attached hydrogen (secondary N) is 1. The number of nitrogens with zero attached hydrogens (tertiary/aromatic N) is 1. The van der Waals surface area contributed by atoms with Crippen molar-refractivity contribution >= 4 is 11.6 Å². The van der Waals surface area contributed by atoms with Gasteiger partial charge in [-0.2, -0.15) is 5.26 Å². The highest BCUT2D eigenvalue weighted by Crippen LogP contribution is 2.23. The number of carbonyl (C=O) groups is 1. The first-order valence-electron chi connectivity index (χ1n) is 6.27. The normalized spacial score (nSPS) is 10.8. The van der Waals surface area contributed by atoms with Gasteiger partial charge < -0.3 is 5.32 Å². The summed E-state index contributed by atoms with van der Waals surface area (Å²) >= 11 is 0. The fraction of sp³-hybridized carbons (Fsp3) is 0.467. The maximum atomic E-state index is 12.2. The number of nitriles is 1. The molecule has 1 aromatic rings. The van der Waals surface area contributed by atoms with Crippen LogP contribution in [0.15, 0.2) is 24.3 Å². The molecule has 0 heterocycles. The Morgan fingerprint density at radius 2 is 1.72 bits per heavy atom. The SMILES string of the molecule is CC(C)C(C(=O)Nc1ccccc1C#N)C(C)C. The molecule has 1 aromatic carbocycles. The molecule has 0 aliphatic rings. The molecule has 96 valence electrons. The Balaban J connectivity index is 2.90. The van der Waals surface area contributed by atoms with Crippen molar-refractivity contribution in [3.05, 3.63) is 29.8 Å². The summed E-state index contributed by atoms with van der Waals surface area (Å²) in [5, 5.41) is 11.8. The van der Waals surface area contributed by atoms with Gasteiger partial charge in [0.15, 0.2) is 0 Å². The van der Waals surface area contributed by atoms with E-state index in [-0.39, 0.29) is 23.7 Å². The quantitative estimate of drug-likeness (QED) is 0.882. The van der Waals surface area contributed by atoms with Crippen molar-refractivity contribution in [1.82, 2.24) is 0 Å². The molecule has 0 fully saturated rings. The molecular formula is C15H20N2O. The molecule has 0 saturated carbocycles. The van der Waals surface area contributed by atoms with Gasteiger partial charge in [-0.15, -0.1) is 0 Å². The minimum Gasteiger partial charge on any atom is -0.325 e. The second-order valence-corrected chi connectivity index (χ2v) is 5.16. The highest BCUT2D eigenvalue weighted by atomic mass is 16.1. The lowest BCUT2D eigenvalue weighted by Crippen LogP contribution is -2.31. The molecule has 0 bridgehead atoms. The van der Waals surface area contributed by atoms with Gasteiger partial charge in [-0.3, -0.25) is 4.79 Å². The van der Waals surface area contributed by atoms with E-state index < -0.39 is 0 Å². The average Bonchev–Trinajstić information content (AvgIpc) is 2.28. The molecule has 0 aliphatic carbocycles. The molecule has 0 aliphatic heterocycles. The lowest BCUT2D eigenvalue weighted by Gasteiger charge is -2.23. The third kappa shape index (κ3) is 3.33. The number of hydrogen-bond donors (Lipinski definition) is 1. The zero-order valence-corrected chi connectivity index (χ0v) is 11.4. The number of amides is 1. The molecule has 0 radical (unpaired) electrons. The van der Waals surface area contributed by atoms with Crippen LogP contribution in [0, 0.1) is 29.1 Å². The standard InChI is InChI=1S/C15H20N2O/c1-10(2)14(11(3)4)15(18)17-13-8-6-5-7-12(13)9-16/h5-8,10-11,14H,1-4H3,(H,17,18). The highest BCUT2D eigenvalue weighted by Gasteiger charge is 2.25. The number of anilines is 1. The van der Waals surface area contributed by atoms with E-state index in [1.54, 1.807) is 18.2 Å². The lowest BCUT2D eigenvalue weighted by atomic mass is 9.85. The van der Waals surface area contributed by atoms with E-state index in [1.807, 2.05) is 33.8 Å². The second-order valence-electron chi connectivity index (χ2n) is 5.16. The van der Waals surface area contributed by atoms with Gasteiger partial charge in [-0.05, 0) is 24.0 Å². The van der Waals surface area contributed by atoms with Crippen molar-refractivity contribution in [3.8, 4) is 6.07 Å². The minimum absolute atomic E-state index is 0.0114. The summed E-state index contributed by atoms with van der Waals surface area (Å²) in [6.45, 7) is 8.17. The highest BCUT2D eigenvalue weighted by molar-refractivity contribution is 5.94. The Kier molecular flexibility index (Phi) is 4.91. The first kappa shape index (κ1) is 14.2. The van der Waals surface area contributed by atoms with Gasteiger partial charge in [-0.25, -0.2) is 0 Å². The number of hydrogen-bond acceptors (Lipinski definition) is 2. The largest absolute Gasteiger partial charge is 0.325 e. The Morgan fingerprint density at radius 1 is 1.17 bits per heavy atom. The third-order valence-corrected chi connectivity index (χ3v) is 3.04. The molecule has 0 aromatic heterocycles. The Bertz CT molecular complexity index is 450. The molecule has 0 atom stereocenters. The van der Waals surface area contributed by atoms with Crippen molar-refractivity contribution in [2.24, 2.45) is 17.8 Å². The third-order valence-electron chi connectivity index (χ3n) is 3.04. The van der Waals surface area contributed by atoms with Crippen LogP contribution in [-0.4, -0.2) is 5.91 Å². The molecule has 1 rings (SSSR count). The van der Waals surface area contributed by atoms with Crippen LogP contribution in [0.2, 0.25) is 0 Å². The van der Waals surface area contributed by atoms with Crippen LogP contribution in [0.25, 0.3) is 0 Å². The number of benzene rings is 1.